The van der Waals surface area contributed by atoms with Crippen LogP contribution < -0.4 is 10.6 Å². The van der Waals surface area contributed by atoms with Crippen LogP contribution in [0.25, 0.3) is 0 Å². The van der Waals surface area contributed by atoms with Gasteiger partial charge in [0, 0.05) is 56.6 Å². The van der Waals surface area contributed by atoms with Gasteiger partial charge in [0.15, 0.2) is 0 Å². The number of hydrogen-bond donors (Lipinski definition) is 2. The van der Waals surface area contributed by atoms with Crippen LogP contribution in [0.15, 0.2) is 18.3 Å². The minimum absolute atomic E-state index is 0.141. The van der Waals surface area contributed by atoms with Crippen molar-refractivity contribution in [1.82, 2.24) is 20.5 Å². The lowest BCUT2D eigenvalue weighted by Gasteiger charge is -2.37. The van der Waals surface area contributed by atoms with Gasteiger partial charge in [-0.15, -0.1) is 0 Å². The fraction of sp³-hybridized carbons (Fsp3) is 0.667. The van der Waals surface area contributed by atoms with E-state index in [1.807, 2.05) is 19.1 Å². The Hall–Kier alpha value is -1.70. The average Bonchev–Trinajstić information content (AvgIpc) is 3.17. The first kappa shape index (κ1) is 18.1. The number of ether oxygens (including phenoxy) is 2. The maximum Gasteiger partial charge on any atom is 0.315 e. The number of carbonyl (C=O) groups is 1. The third-order valence-electron chi connectivity index (χ3n) is 4.92. The summed E-state index contributed by atoms with van der Waals surface area (Å²) in [4.78, 5) is 18.8. The van der Waals surface area contributed by atoms with Gasteiger partial charge in [-0.2, -0.15) is 0 Å². The number of morpholine rings is 1. The van der Waals surface area contributed by atoms with Crippen LogP contribution in [-0.4, -0.2) is 68.0 Å². The second kappa shape index (κ2) is 9.12. The van der Waals surface area contributed by atoms with Gasteiger partial charge in [0.25, 0.3) is 0 Å². The zero-order valence-electron chi connectivity index (χ0n) is 14.9. The summed E-state index contributed by atoms with van der Waals surface area (Å²) in [6.07, 6.45) is 2.85. The second-order valence-corrected chi connectivity index (χ2v) is 6.71. The predicted octanol–water partition coefficient (Wildman–Crippen LogP) is 0.927. The molecule has 7 nitrogen and oxygen atoms in total. The molecular weight excluding hydrogens is 320 g/mol. The highest BCUT2D eigenvalue weighted by molar-refractivity contribution is 5.73. The topological polar surface area (TPSA) is 75.7 Å². The molecular formula is C18H28N4O3. The summed E-state index contributed by atoms with van der Waals surface area (Å²) >= 11 is 0. The number of pyridine rings is 1. The zero-order valence-corrected chi connectivity index (χ0v) is 14.9. The normalized spacial score (nSPS) is 22.5. The smallest absolute Gasteiger partial charge is 0.315 e. The molecule has 2 atom stereocenters. The van der Waals surface area contributed by atoms with E-state index in [9.17, 15) is 4.79 Å². The van der Waals surface area contributed by atoms with E-state index >= 15 is 0 Å². The molecule has 0 aliphatic carbocycles. The lowest BCUT2D eigenvalue weighted by atomic mass is 9.97. The van der Waals surface area contributed by atoms with Gasteiger partial charge in [-0.1, -0.05) is 6.07 Å². The average molecular weight is 348 g/mol. The van der Waals surface area contributed by atoms with E-state index in [4.69, 9.17) is 9.47 Å². The molecule has 25 heavy (non-hydrogen) atoms. The van der Waals surface area contributed by atoms with Crippen molar-refractivity contribution < 1.29 is 14.3 Å². The summed E-state index contributed by atoms with van der Waals surface area (Å²) in [5, 5.41) is 5.93. The molecule has 2 saturated heterocycles. The number of nitrogens with zero attached hydrogens (tertiary/aromatic N) is 2. The summed E-state index contributed by atoms with van der Waals surface area (Å²) in [5.74, 6) is 0.472. The minimum Gasteiger partial charge on any atom is -0.381 e. The molecule has 1 aromatic heterocycles. The first-order valence-corrected chi connectivity index (χ1v) is 9.05. The van der Waals surface area contributed by atoms with E-state index in [0.29, 0.717) is 25.0 Å². The summed E-state index contributed by atoms with van der Waals surface area (Å²) in [6, 6.07) is 4.09. The quantitative estimate of drug-likeness (QED) is 0.800. The molecule has 0 aromatic carbocycles. The standard InChI is InChI=1S/C18H28N4O3/c1-14-2-3-15(10-19-14)11-20-18(23)21-12-17(16-4-7-25-13-16)22-5-8-24-9-6-22/h2-3,10,16-17H,4-9,11-13H2,1H3,(H2,20,21,23). The van der Waals surface area contributed by atoms with E-state index in [0.717, 1.165) is 57.2 Å². The lowest BCUT2D eigenvalue weighted by Crippen LogP contribution is -2.53. The van der Waals surface area contributed by atoms with E-state index in [2.05, 4.69) is 20.5 Å². The maximum absolute atomic E-state index is 12.2. The van der Waals surface area contributed by atoms with E-state index in [-0.39, 0.29) is 6.03 Å². The van der Waals surface area contributed by atoms with Crippen molar-refractivity contribution in [1.29, 1.82) is 0 Å². The predicted molar refractivity (Wildman–Crippen MR) is 94.3 cm³/mol. The van der Waals surface area contributed by atoms with Gasteiger partial charge in [-0.25, -0.2) is 4.79 Å². The highest BCUT2D eigenvalue weighted by atomic mass is 16.5. The summed E-state index contributed by atoms with van der Waals surface area (Å²) in [7, 11) is 0. The fourth-order valence-corrected chi connectivity index (χ4v) is 3.40. The van der Waals surface area contributed by atoms with Gasteiger partial charge in [0.05, 0.1) is 19.8 Å². The summed E-state index contributed by atoms with van der Waals surface area (Å²) in [6.45, 7) is 8.01. The van der Waals surface area contributed by atoms with Crippen molar-refractivity contribution >= 4 is 6.03 Å². The Labute approximate surface area is 149 Å². The van der Waals surface area contributed by atoms with Crippen molar-refractivity contribution in [3.05, 3.63) is 29.6 Å². The lowest BCUT2D eigenvalue weighted by molar-refractivity contribution is 0.00212. The van der Waals surface area contributed by atoms with E-state index in [1.54, 1.807) is 6.20 Å². The van der Waals surface area contributed by atoms with Gasteiger partial charge in [0.1, 0.15) is 0 Å². The van der Waals surface area contributed by atoms with Crippen LogP contribution in [0, 0.1) is 12.8 Å². The van der Waals surface area contributed by atoms with Gasteiger partial charge < -0.3 is 20.1 Å². The van der Waals surface area contributed by atoms with Gasteiger partial charge >= 0.3 is 6.03 Å². The van der Waals surface area contributed by atoms with Crippen LogP contribution in [0.5, 0.6) is 0 Å². The van der Waals surface area contributed by atoms with Crippen LogP contribution in [0.4, 0.5) is 4.79 Å². The van der Waals surface area contributed by atoms with Crippen LogP contribution in [0.3, 0.4) is 0 Å². The molecule has 2 unspecified atom stereocenters. The molecule has 138 valence electrons. The molecule has 2 N–H and O–H groups in total. The van der Waals surface area contributed by atoms with Gasteiger partial charge in [-0.3, -0.25) is 9.88 Å². The minimum atomic E-state index is -0.141. The van der Waals surface area contributed by atoms with Crippen molar-refractivity contribution in [3.63, 3.8) is 0 Å². The molecule has 2 aliphatic heterocycles. The molecule has 2 aliphatic rings. The van der Waals surface area contributed by atoms with Crippen molar-refractivity contribution in [2.24, 2.45) is 5.92 Å². The van der Waals surface area contributed by atoms with Crippen LogP contribution in [0.2, 0.25) is 0 Å². The SMILES string of the molecule is Cc1ccc(CNC(=O)NCC(C2CCOC2)N2CCOCC2)cn1. The first-order chi connectivity index (χ1) is 12.2. The Bertz CT molecular complexity index is 540. The fourth-order valence-electron chi connectivity index (χ4n) is 3.40. The van der Waals surface area contributed by atoms with Crippen molar-refractivity contribution in [2.45, 2.75) is 25.9 Å². The molecule has 1 aromatic rings. The summed E-state index contributed by atoms with van der Waals surface area (Å²) in [5.41, 5.74) is 1.97. The number of hydrogen-bond acceptors (Lipinski definition) is 5. The number of carbonyl (C=O) groups excluding carboxylic acids is 1. The molecule has 3 rings (SSSR count). The molecule has 3 heterocycles. The Morgan fingerprint density at radius 2 is 2.12 bits per heavy atom. The first-order valence-electron chi connectivity index (χ1n) is 9.05. The third-order valence-corrected chi connectivity index (χ3v) is 4.92. The largest absolute Gasteiger partial charge is 0.381 e. The van der Waals surface area contributed by atoms with Gasteiger partial charge in [-0.05, 0) is 25.0 Å². The van der Waals surface area contributed by atoms with Gasteiger partial charge in [0.2, 0.25) is 0 Å². The summed E-state index contributed by atoms with van der Waals surface area (Å²) < 4.78 is 11.0. The van der Waals surface area contributed by atoms with Crippen LogP contribution in [0.1, 0.15) is 17.7 Å². The number of urea groups is 1. The second-order valence-electron chi connectivity index (χ2n) is 6.71. The monoisotopic (exact) mass is 348 g/mol. The van der Waals surface area contributed by atoms with Crippen molar-refractivity contribution in [3.8, 4) is 0 Å². The Balaban J connectivity index is 1.47. The third kappa shape index (κ3) is 5.39. The number of amides is 2. The maximum atomic E-state index is 12.2. The van der Waals surface area contributed by atoms with E-state index < -0.39 is 0 Å². The Kier molecular flexibility index (Phi) is 6.61. The molecule has 0 saturated carbocycles. The molecule has 7 heteroatoms. The molecule has 2 fully saturated rings. The van der Waals surface area contributed by atoms with Crippen molar-refractivity contribution in [2.75, 3.05) is 46.1 Å². The number of rotatable bonds is 6. The highest BCUT2D eigenvalue weighted by Crippen LogP contribution is 2.21. The highest BCUT2D eigenvalue weighted by Gasteiger charge is 2.31. The molecule has 0 radical (unpaired) electrons. The number of aryl methyl sites for hydroxylation is 1. The molecule has 0 bridgehead atoms. The number of aromatic nitrogens is 1. The van der Waals surface area contributed by atoms with Crippen LogP contribution >= 0.6 is 0 Å². The van der Waals surface area contributed by atoms with E-state index in [1.165, 1.54) is 0 Å². The zero-order chi connectivity index (χ0) is 17.5. The van der Waals surface area contributed by atoms with Crippen LogP contribution in [-0.2, 0) is 16.0 Å². The Morgan fingerprint density at radius 1 is 1.28 bits per heavy atom. The Morgan fingerprint density at radius 3 is 2.80 bits per heavy atom. The molecule has 0 spiro atoms. The number of nitrogens with one attached hydrogen (secondary N) is 2. The molecule has 2 amide bonds.